The molecule has 2 rings (SSSR count). The largest absolute Gasteiger partial charge is 0.369 e. The maximum atomic E-state index is 6.01. The van der Waals surface area contributed by atoms with Crippen LogP contribution < -0.4 is 5.73 Å². The maximum absolute atomic E-state index is 6.01. The van der Waals surface area contributed by atoms with Crippen molar-refractivity contribution in [1.82, 2.24) is 14.5 Å². The number of hydrogen-bond donors (Lipinski definition) is 1. The Balaban J connectivity index is 2.29. The summed E-state index contributed by atoms with van der Waals surface area (Å²) in [7, 11) is 0. The van der Waals surface area contributed by atoms with E-state index in [0.29, 0.717) is 12.0 Å². The number of aromatic nitrogens is 3. The summed E-state index contributed by atoms with van der Waals surface area (Å²) in [5.41, 5.74) is 7.73. The van der Waals surface area contributed by atoms with Crippen LogP contribution in [0, 0.1) is 0 Å². The van der Waals surface area contributed by atoms with Crippen molar-refractivity contribution in [2.24, 2.45) is 0 Å². The number of hydrogen-bond acceptors (Lipinski definition) is 3. The molecule has 0 bridgehead atoms. The average molecular weight is 311 g/mol. The predicted octanol–water partition coefficient (Wildman–Crippen LogP) is 3.92. The van der Waals surface area contributed by atoms with Gasteiger partial charge in [-0.05, 0) is 35.3 Å². The lowest BCUT2D eigenvalue weighted by atomic mass is 10.1. The molecule has 1 atom stereocenters. The number of halogens is 1. The number of fused-ring (bicyclic) bond motifs is 1. The topological polar surface area (TPSA) is 56.7 Å². The second kappa shape index (κ2) is 5.69. The van der Waals surface area contributed by atoms with Crippen molar-refractivity contribution < 1.29 is 0 Å². The van der Waals surface area contributed by atoms with E-state index in [1.54, 1.807) is 6.20 Å². The van der Waals surface area contributed by atoms with Crippen LogP contribution in [0.15, 0.2) is 16.7 Å². The Hall–Kier alpha value is -1.10. The summed E-state index contributed by atoms with van der Waals surface area (Å²) in [5, 5.41) is 0. The average Bonchev–Trinajstić information content (AvgIpc) is 2.64. The van der Waals surface area contributed by atoms with Gasteiger partial charge in [-0.3, -0.25) is 4.57 Å². The Morgan fingerprint density at radius 1 is 1.44 bits per heavy atom. The van der Waals surface area contributed by atoms with Crippen LogP contribution in [-0.4, -0.2) is 14.5 Å². The molecular formula is C13H19BrN4. The van der Waals surface area contributed by atoms with Gasteiger partial charge < -0.3 is 5.73 Å². The van der Waals surface area contributed by atoms with Gasteiger partial charge >= 0.3 is 0 Å². The summed E-state index contributed by atoms with van der Waals surface area (Å²) in [5.74, 6) is 0.555. The Morgan fingerprint density at radius 2 is 2.22 bits per heavy atom. The minimum Gasteiger partial charge on any atom is -0.369 e. The highest BCUT2D eigenvalue weighted by atomic mass is 79.9. The van der Waals surface area contributed by atoms with Gasteiger partial charge in [-0.1, -0.05) is 26.2 Å². The van der Waals surface area contributed by atoms with Gasteiger partial charge in [0.25, 0.3) is 0 Å². The summed E-state index contributed by atoms with van der Waals surface area (Å²) in [4.78, 5) is 8.80. The molecule has 5 heteroatoms. The molecule has 2 aromatic heterocycles. The number of pyridine rings is 1. The molecule has 1 unspecified atom stereocenters. The molecule has 0 aliphatic carbocycles. The molecule has 4 nitrogen and oxygen atoms in total. The Kier molecular flexibility index (Phi) is 4.22. The van der Waals surface area contributed by atoms with Crippen LogP contribution >= 0.6 is 15.9 Å². The van der Waals surface area contributed by atoms with Gasteiger partial charge in [0.2, 0.25) is 5.95 Å². The molecular weight excluding hydrogens is 292 g/mol. The summed E-state index contributed by atoms with van der Waals surface area (Å²) in [6.45, 7) is 4.39. The first-order chi connectivity index (χ1) is 8.63. The molecule has 0 aliphatic rings. The minimum absolute atomic E-state index is 0.343. The molecule has 0 aliphatic heterocycles. The molecule has 0 saturated carbocycles. The number of unbranched alkanes of at least 4 members (excludes halogenated alkanes) is 2. The molecule has 2 heterocycles. The van der Waals surface area contributed by atoms with Crippen LogP contribution in [-0.2, 0) is 0 Å². The summed E-state index contributed by atoms with van der Waals surface area (Å²) in [6, 6.07) is 2.30. The van der Waals surface area contributed by atoms with Crippen LogP contribution in [0.25, 0.3) is 11.2 Å². The van der Waals surface area contributed by atoms with Gasteiger partial charge in [-0.2, -0.15) is 0 Å². The molecule has 0 saturated heterocycles. The van der Waals surface area contributed by atoms with Gasteiger partial charge in [0.15, 0.2) is 5.65 Å². The zero-order chi connectivity index (χ0) is 13.1. The van der Waals surface area contributed by atoms with Gasteiger partial charge in [0.05, 0.1) is 0 Å². The number of imidazole rings is 1. The van der Waals surface area contributed by atoms with Crippen molar-refractivity contribution in [2.45, 2.75) is 45.6 Å². The zero-order valence-electron chi connectivity index (χ0n) is 10.9. The van der Waals surface area contributed by atoms with E-state index in [1.165, 1.54) is 19.3 Å². The first-order valence-electron chi connectivity index (χ1n) is 6.42. The fourth-order valence-corrected chi connectivity index (χ4v) is 2.55. The van der Waals surface area contributed by atoms with Crippen LogP contribution in [0.1, 0.15) is 45.6 Å². The SMILES string of the molecule is CCCCCC(C)n1c(N)nc2cc(Br)cnc21. The van der Waals surface area contributed by atoms with E-state index >= 15 is 0 Å². The molecule has 2 aromatic rings. The van der Waals surface area contributed by atoms with Crippen LogP contribution in [0.3, 0.4) is 0 Å². The Bertz CT molecular complexity index is 535. The van der Waals surface area contributed by atoms with Gasteiger partial charge in [-0.15, -0.1) is 0 Å². The van der Waals surface area contributed by atoms with Crippen molar-refractivity contribution in [3.63, 3.8) is 0 Å². The number of nitrogen functional groups attached to an aromatic ring is 1. The normalized spacial score (nSPS) is 13.1. The smallest absolute Gasteiger partial charge is 0.202 e. The summed E-state index contributed by atoms with van der Waals surface area (Å²) >= 11 is 3.40. The van der Waals surface area contributed by atoms with E-state index in [-0.39, 0.29) is 0 Å². The molecule has 0 spiro atoms. The first-order valence-corrected chi connectivity index (χ1v) is 7.21. The second-order valence-electron chi connectivity index (χ2n) is 4.68. The van der Waals surface area contributed by atoms with E-state index < -0.39 is 0 Å². The number of anilines is 1. The number of nitrogens with zero attached hydrogens (tertiary/aromatic N) is 3. The number of nitrogens with two attached hydrogens (primary N) is 1. The van der Waals surface area contributed by atoms with E-state index in [2.05, 4.69) is 39.7 Å². The zero-order valence-corrected chi connectivity index (χ0v) is 12.4. The predicted molar refractivity (Wildman–Crippen MR) is 78.5 cm³/mol. The third-order valence-electron chi connectivity index (χ3n) is 3.19. The minimum atomic E-state index is 0.343. The first kappa shape index (κ1) is 13.3. The van der Waals surface area contributed by atoms with Crippen LogP contribution in [0.5, 0.6) is 0 Å². The Morgan fingerprint density at radius 3 is 2.94 bits per heavy atom. The fourth-order valence-electron chi connectivity index (χ4n) is 2.23. The quantitative estimate of drug-likeness (QED) is 0.852. The molecule has 0 fully saturated rings. The standard InChI is InChI=1S/C13H19BrN4/c1-3-4-5-6-9(2)18-12-11(17-13(18)15)7-10(14)8-16-12/h7-9H,3-6H2,1-2H3,(H2,15,17). The molecule has 0 radical (unpaired) electrons. The van der Waals surface area contributed by atoms with Crippen LogP contribution in [0.4, 0.5) is 5.95 Å². The van der Waals surface area contributed by atoms with Gasteiger partial charge in [0.1, 0.15) is 5.52 Å². The van der Waals surface area contributed by atoms with Gasteiger partial charge in [-0.25, -0.2) is 9.97 Å². The Labute approximate surface area is 116 Å². The lowest BCUT2D eigenvalue weighted by Gasteiger charge is -2.15. The van der Waals surface area contributed by atoms with Crippen molar-refractivity contribution in [2.75, 3.05) is 5.73 Å². The van der Waals surface area contributed by atoms with E-state index in [1.807, 2.05) is 10.6 Å². The summed E-state index contributed by atoms with van der Waals surface area (Å²) in [6.07, 6.45) is 6.61. The third kappa shape index (κ3) is 2.66. The molecule has 98 valence electrons. The molecule has 0 aromatic carbocycles. The highest BCUT2D eigenvalue weighted by molar-refractivity contribution is 9.10. The summed E-state index contributed by atoms with van der Waals surface area (Å²) < 4.78 is 2.97. The van der Waals surface area contributed by atoms with Gasteiger partial charge in [0, 0.05) is 16.7 Å². The van der Waals surface area contributed by atoms with Crippen molar-refractivity contribution >= 4 is 33.0 Å². The lowest BCUT2D eigenvalue weighted by molar-refractivity contribution is 0.490. The number of rotatable bonds is 5. The second-order valence-corrected chi connectivity index (χ2v) is 5.60. The van der Waals surface area contributed by atoms with E-state index in [4.69, 9.17) is 5.73 Å². The monoisotopic (exact) mass is 310 g/mol. The van der Waals surface area contributed by atoms with E-state index in [9.17, 15) is 0 Å². The molecule has 0 amide bonds. The molecule has 2 N–H and O–H groups in total. The highest BCUT2D eigenvalue weighted by Crippen LogP contribution is 2.26. The van der Waals surface area contributed by atoms with Crippen molar-refractivity contribution in [1.29, 1.82) is 0 Å². The third-order valence-corrected chi connectivity index (χ3v) is 3.62. The fraction of sp³-hybridized carbons (Fsp3) is 0.538. The molecule has 18 heavy (non-hydrogen) atoms. The lowest BCUT2D eigenvalue weighted by Crippen LogP contribution is -2.09. The van der Waals surface area contributed by atoms with Crippen molar-refractivity contribution in [3.8, 4) is 0 Å². The van der Waals surface area contributed by atoms with E-state index in [0.717, 1.165) is 22.1 Å². The maximum Gasteiger partial charge on any atom is 0.202 e. The van der Waals surface area contributed by atoms with Crippen LogP contribution in [0.2, 0.25) is 0 Å². The highest BCUT2D eigenvalue weighted by Gasteiger charge is 2.14. The van der Waals surface area contributed by atoms with Crippen molar-refractivity contribution in [3.05, 3.63) is 16.7 Å².